The lowest BCUT2D eigenvalue weighted by Gasteiger charge is -2.22. The minimum absolute atomic E-state index is 0. The van der Waals surface area contributed by atoms with Gasteiger partial charge in [-0.1, -0.05) is 23.9 Å². The number of hydrogen-bond donors (Lipinski definition) is 0. The molecule has 44 heavy (non-hydrogen) atoms. The Morgan fingerprint density at radius 3 is 1.98 bits per heavy atom. The van der Waals surface area contributed by atoms with E-state index in [-0.39, 0.29) is 24.0 Å². The highest BCUT2D eigenvalue weighted by atomic mass is 127. The molecule has 2 heterocycles. The number of fused-ring (bicyclic) bond motifs is 1. The first-order valence-electron chi connectivity index (χ1n) is 15.4. The maximum absolute atomic E-state index is 5.97. The van der Waals surface area contributed by atoms with E-state index in [1.165, 1.54) is 27.0 Å². The Labute approximate surface area is 287 Å². The summed E-state index contributed by atoms with van der Waals surface area (Å²) < 4.78 is 24.4. The zero-order valence-electron chi connectivity index (χ0n) is 27.7. The molecule has 0 N–H and O–H groups in total. The maximum atomic E-state index is 5.97. The van der Waals surface area contributed by atoms with Crippen LogP contribution in [0.2, 0.25) is 0 Å². The van der Waals surface area contributed by atoms with E-state index in [0.29, 0.717) is 46.2 Å². The zero-order valence-corrected chi connectivity index (χ0v) is 30.6. The zero-order chi connectivity index (χ0) is 30.9. The van der Waals surface area contributed by atoms with Crippen molar-refractivity contribution in [3.63, 3.8) is 0 Å². The molecule has 0 aliphatic carbocycles. The second kappa shape index (κ2) is 22.1. The summed E-state index contributed by atoms with van der Waals surface area (Å²) in [5.74, 6) is 1.24. The normalized spacial score (nSPS) is 13.6. The van der Waals surface area contributed by atoms with E-state index in [9.17, 15) is 0 Å². The van der Waals surface area contributed by atoms with Crippen molar-refractivity contribution < 1.29 is 47.5 Å². The van der Waals surface area contributed by atoms with Gasteiger partial charge in [-0.2, -0.15) is 0 Å². The highest BCUT2D eigenvalue weighted by Gasteiger charge is 2.23. The largest absolute Gasteiger partial charge is 1.00 e. The average molecular weight is 744 g/mol. The fourth-order valence-electron chi connectivity index (χ4n) is 4.82. The summed E-state index contributed by atoms with van der Waals surface area (Å²) in [6, 6.07) is 13.2. The number of methoxy groups -OCH3 is 1. The van der Waals surface area contributed by atoms with Crippen LogP contribution in [0.1, 0.15) is 18.4 Å². The minimum atomic E-state index is 0. The van der Waals surface area contributed by atoms with Crippen LogP contribution in [0, 0.1) is 0 Å². The Bertz CT molecular complexity index is 1090. The number of hydrogen-bond acceptors (Lipinski definition) is 9. The van der Waals surface area contributed by atoms with Crippen molar-refractivity contribution in [2.24, 2.45) is 0 Å². The van der Waals surface area contributed by atoms with Gasteiger partial charge in [-0.15, -0.1) is 0 Å². The van der Waals surface area contributed by atoms with Gasteiger partial charge in [0.05, 0.1) is 76.3 Å². The van der Waals surface area contributed by atoms with Gasteiger partial charge in [0.25, 0.3) is 5.82 Å². The van der Waals surface area contributed by atoms with Gasteiger partial charge >= 0.3 is 0 Å². The first-order chi connectivity index (χ1) is 20.9. The van der Waals surface area contributed by atoms with Crippen molar-refractivity contribution in [1.29, 1.82) is 0 Å². The molecule has 0 radical (unpaired) electrons. The second-order valence-corrected chi connectivity index (χ2v) is 12.3. The standard InChI is InChI=1S/C33H54N5O4S.HI/c1-34(2)14-9-16-37(17-10-15-35(3)4)32-27-29(28-33-36(5)30-11-7-8-12-31(30)43-33)13-18-38(32)19-20-40-23-24-42-26-25-41-22-21-39-6;/h7-8,11-13,18,27-28H,9-10,14-17,19-26H2,1-6H3;1H/q+1;/p-1. The van der Waals surface area contributed by atoms with E-state index in [1.54, 1.807) is 7.11 Å². The van der Waals surface area contributed by atoms with Gasteiger partial charge in [0, 0.05) is 38.2 Å². The molecule has 1 aromatic carbocycles. The lowest BCUT2D eigenvalue weighted by atomic mass is 10.2. The molecular formula is C33H54IN5O4S. The molecule has 0 spiro atoms. The van der Waals surface area contributed by atoms with E-state index in [4.69, 9.17) is 18.9 Å². The van der Waals surface area contributed by atoms with Crippen LogP contribution in [0.3, 0.4) is 0 Å². The molecule has 1 aromatic heterocycles. The van der Waals surface area contributed by atoms with Crippen LogP contribution in [-0.4, -0.2) is 125 Å². The van der Waals surface area contributed by atoms with Crippen molar-refractivity contribution in [1.82, 2.24) is 9.80 Å². The first kappa shape index (κ1) is 38.7. The number of thioether (sulfide) groups is 1. The van der Waals surface area contributed by atoms with Crippen molar-refractivity contribution in [2.45, 2.75) is 24.3 Å². The smallest absolute Gasteiger partial charge is 0.277 e. The Kier molecular flexibility index (Phi) is 19.5. The topological polar surface area (TPSA) is 53.8 Å². The quantitative estimate of drug-likeness (QED) is 0.0998. The molecule has 2 aromatic rings. The first-order valence-corrected chi connectivity index (χ1v) is 16.2. The van der Waals surface area contributed by atoms with Crippen LogP contribution in [0.4, 0.5) is 11.5 Å². The number of benzene rings is 1. The summed E-state index contributed by atoms with van der Waals surface area (Å²) in [5, 5.41) is 1.24. The lowest BCUT2D eigenvalue weighted by molar-refractivity contribution is -0.686. The van der Waals surface area contributed by atoms with Crippen molar-refractivity contribution in [3.8, 4) is 0 Å². The summed E-state index contributed by atoms with van der Waals surface area (Å²) in [4.78, 5) is 10.7. The van der Waals surface area contributed by atoms with Crippen LogP contribution >= 0.6 is 11.8 Å². The Morgan fingerprint density at radius 1 is 0.795 bits per heavy atom. The molecular weight excluding hydrogens is 689 g/mol. The maximum Gasteiger partial charge on any atom is 0.277 e. The molecule has 1 aliphatic heterocycles. The van der Waals surface area contributed by atoms with E-state index >= 15 is 0 Å². The summed E-state index contributed by atoms with van der Waals surface area (Å²) in [7, 11) is 12.4. The lowest BCUT2D eigenvalue weighted by Crippen LogP contribution is -3.00. The third-order valence-corrected chi connectivity index (χ3v) is 8.31. The van der Waals surface area contributed by atoms with Crippen molar-refractivity contribution >= 4 is 29.3 Å². The number of rotatable bonds is 22. The molecule has 0 amide bonds. The molecule has 3 rings (SSSR count). The fourth-order valence-corrected chi connectivity index (χ4v) is 5.93. The summed E-state index contributed by atoms with van der Waals surface area (Å²) in [5.41, 5.74) is 2.47. The number of ether oxygens (including phenoxy) is 4. The summed E-state index contributed by atoms with van der Waals surface area (Å²) >= 11 is 1.83. The molecule has 0 saturated carbocycles. The molecule has 0 bridgehead atoms. The Morgan fingerprint density at radius 2 is 1.39 bits per heavy atom. The second-order valence-electron chi connectivity index (χ2n) is 11.3. The van der Waals surface area contributed by atoms with Gasteiger partial charge in [-0.05, 0) is 70.9 Å². The van der Waals surface area contributed by atoms with Crippen molar-refractivity contribution in [3.05, 3.63) is 53.2 Å². The number of para-hydroxylation sites is 1. The minimum Gasteiger partial charge on any atom is -1.00 e. The third-order valence-electron chi connectivity index (χ3n) is 7.14. The van der Waals surface area contributed by atoms with E-state index in [0.717, 1.165) is 45.6 Å². The van der Waals surface area contributed by atoms with Crippen LogP contribution in [0.5, 0.6) is 0 Å². The Hall–Kier alpha value is -1.45. The number of aromatic nitrogens is 1. The number of pyridine rings is 1. The van der Waals surface area contributed by atoms with Gasteiger partial charge in [-0.3, -0.25) is 4.90 Å². The average Bonchev–Trinajstić information content (AvgIpc) is 3.30. The SMILES string of the molecule is COCCOCCOCCOCC[n+]1ccc(C=C2Sc3ccccc3N2C)cc1N(CCCN(C)C)CCCN(C)C.[I-]. The van der Waals surface area contributed by atoms with E-state index in [2.05, 4.69) is 108 Å². The fraction of sp³-hybridized carbons (Fsp3) is 0.606. The predicted molar refractivity (Wildman–Crippen MR) is 178 cm³/mol. The van der Waals surface area contributed by atoms with Crippen LogP contribution in [0.25, 0.3) is 6.08 Å². The summed E-state index contributed by atoms with van der Waals surface area (Å²) in [6.07, 6.45) is 6.74. The molecule has 0 atom stereocenters. The molecule has 248 valence electrons. The van der Waals surface area contributed by atoms with E-state index < -0.39 is 0 Å². The van der Waals surface area contributed by atoms with Gasteiger partial charge in [0.15, 0.2) is 0 Å². The monoisotopic (exact) mass is 743 g/mol. The molecule has 1 aliphatic rings. The number of anilines is 2. The Balaban J connectivity index is 0.00000675. The molecule has 9 nitrogen and oxygen atoms in total. The molecule has 11 heteroatoms. The van der Waals surface area contributed by atoms with E-state index in [1.807, 2.05) is 11.8 Å². The third kappa shape index (κ3) is 13.9. The molecule has 0 saturated heterocycles. The van der Waals surface area contributed by atoms with Gasteiger partial charge < -0.3 is 57.6 Å². The van der Waals surface area contributed by atoms with Gasteiger partial charge in [-0.25, -0.2) is 4.57 Å². The highest BCUT2D eigenvalue weighted by Crippen LogP contribution is 2.45. The van der Waals surface area contributed by atoms with Gasteiger partial charge in [0.1, 0.15) is 6.54 Å². The predicted octanol–water partition coefficient (Wildman–Crippen LogP) is 0.925. The van der Waals surface area contributed by atoms with Crippen molar-refractivity contribution in [2.75, 3.05) is 125 Å². The molecule has 0 unspecified atom stereocenters. The van der Waals surface area contributed by atoms with Crippen LogP contribution in [-0.2, 0) is 25.5 Å². The van der Waals surface area contributed by atoms with Crippen LogP contribution < -0.4 is 38.3 Å². The number of nitrogens with zero attached hydrogens (tertiary/aromatic N) is 5. The van der Waals surface area contributed by atoms with Crippen LogP contribution in [0.15, 0.2) is 52.5 Å². The highest BCUT2D eigenvalue weighted by molar-refractivity contribution is 8.03. The summed E-state index contributed by atoms with van der Waals surface area (Å²) in [6.45, 7) is 9.02. The number of halogens is 1. The molecule has 0 fully saturated rings. The van der Waals surface area contributed by atoms with Gasteiger partial charge in [0.2, 0.25) is 0 Å².